The first-order valence-electron chi connectivity index (χ1n) is 9.14. The highest BCUT2D eigenvalue weighted by Crippen LogP contribution is 2.38. The maximum Gasteiger partial charge on any atom is 0.268 e. The van der Waals surface area contributed by atoms with E-state index in [-0.39, 0.29) is 17.9 Å². The topological polar surface area (TPSA) is 76.7 Å². The lowest BCUT2D eigenvalue weighted by atomic mass is 10.1. The number of anilines is 2. The van der Waals surface area contributed by atoms with E-state index in [1.807, 2.05) is 38.1 Å². The first kappa shape index (κ1) is 19.5. The molecule has 28 heavy (non-hydrogen) atoms. The number of benzene rings is 2. The van der Waals surface area contributed by atoms with Gasteiger partial charge in [-0.1, -0.05) is 18.2 Å². The summed E-state index contributed by atoms with van der Waals surface area (Å²) in [5.74, 6) is 0.684. The second-order valence-electron chi connectivity index (χ2n) is 7.31. The first-order chi connectivity index (χ1) is 13.2. The average Bonchev–Trinajstić information content (AvgIpc) is 2.61. The molecular weight excluding hydrogens is 356 g/mol. The standard InChI is InChI=1S/C22H24N2O4/c1-14(2)27-16-8-5-7-15(13-16)11-12-19(25)23-17-9-6-10-18-20(17)24-21(26)22(3,4)28-18/h5-14H,1-4H3,(H,23,25)(H,24,26)/b12-11+. The molecule has 0 aliphatic carbocycles. The number of ether oxygens (including phenoxy) is 2. The fourth-order valence-electron chi connectivity index (χ4n) is 2.74. The second kappa shape index (κ2) is 7.76. The zero-order valence-corrected chi connectivity index (χ0v) is 16.4. The van der Waals surface area contributed by atoms with Gasteiger partial charge in [0.25, 0.3) is 5.91 Å². The molecular formula is C22H24N2O4. The van der Waals surface area contributed by atoms with Crippen LogP contribution in [0.2, 0.25) is 0 Å². The van der Waals surface area contributed by atoms with Gasteiger partial charge < -0.3 is 20.1 Å². The highest BCUT2D eigenvalue weighted by molar-refractivity contribution is 6.08. The van der Waals surface area contributed by atoms with Crippen molar-refractivity contribution in [2.24, 2.45) is 0 Å². The van der Waals surface area contributed by atoms with E-state index in [4.69, 9.17) is 9.47 Å². The molecule has 1 heterocycles. The summed E-state index contributed by atoms with van der Waals surface area (Å²) in [5, 5.41) is 5.59. The molecule has 2 aromatic carbocycles. The zero-order valence-electron chi connectivity index (χ0n) is 16.4. The van der Waals surface area contributed by atoms with Crippen molar-refractivity contribution in [1.82, 2.24) is 0 Å². The van der Waals surface area contributed by atoms with Gasteiger partial charge in [-0.2, -0.15) is 0 Å². The summed E-state index contributed by atoms with van der Waals surface area (Å²) >= 11 is 0. The Labute approximate surface area is 164 Å². The predicted octanol–water partition coefficient (Wildman–Crippen LogP) is 4.24. The lowest BCUT2D eigenvalue weighted by Gasteiger charge is -2.32. The quantitative estimate of drug-likeness (QED) is 0.761. The second-order valence-corrected chi connectivity index (χ2v) is 7.31. The molecule has 0 spiro atoms. The van der Waals surface area contributed by atoms with Crippen molar-refractivity contribution in [3.63, 3.8) is 0 Å². The Hall–Kier alpha value is -3.28. The largest absolute Gasteiger partial charge is 0.491 e. The van der Waals surface area contributed by atoms with E-state index in [9.17, 15) is 9.59 Å². The molecule has 0 fully saturated rings. The summed E-state index contributed by atoms with van der Waals surface area (Å²) in [6.07, 6.45) is 3.22. The minimum atomic E-state index is -0.960. The van der Waals surface area contributed by atoms with E-state index < -0.39 is 5.60 Å². The Morgan fingerprint density at radius 2 is 1.96 bits per heavy atom. The number of amides is 2. The molecule has 2 aromatic rings. The maximum absolute atomic E-state index is 12.4. The van der Waals surface area contributed by atoms with Crippen LogP contribution in [0.4, 0.5) is 11.4 Å². The highest BCUT2D eigenvalue weighted by Gasteiger charge is 2.36. The van der Waals surface area contributed by atoms with Gasteiger partial charge in [-0.3, -0.25) is 9.59 Å². The number of rotatable bonds is 5. The highest BCUT2D eigenvalue weighted by atomic mass is 16.5. The summed E-state index contributed by atoms with van der Waals surface area (Å²) in [6, 6.07) is 12.7. The van der Waals surface area contributed by atoms with Crippen LogP contribution < -0.4 is 20.1 Å². The summed E-state index contributed by atoms with van der Waals surface area (Å²) in [6.45, 7) is 7.30. The van der Waals surface area contributed by atoms with Gasteiger partial charge in [0, 0.05) is 6.08 Å². The van der Waals surface area contributed by atoms with Crippen molar-refractivity contribution in [1.29, 1.82) is 0 Å². The Morgan fingerprint density at radius 1 is 1.21 bits per heavy atom. The SMILES string of the molecule is CC(C)Oc1cccc(/C=C/C(=O)Nc2cccc3c2NC(=O)C(C)(C)O3)c1. The minimum absolute atomic E-state index is 0.0780. The number of hydrogen-bond donors (Lipinski definition) is 2. The van der Waals surface area contributed by atoms with Crippen molar-refractivity contribution in [3.8, 4) is 11.5 Å². The average molecular weight is 380 g/mol. The third-order valence-corrected chi connectivity index (χ3v) is 4.09. The van der Waals surface area contributed by atoms with Crippen LogP contribution in [0.15, 0.2) is 48.5 Å². The predicted molar refractivity (Wildman–Crippen MR) is 110 cm³/mol. The van der Waals surface area contributed by atoms with Crippen molar-refractivity contribution in [2.75, 3.05) is 10.6 Å². The Morgan fingerprint density at radius 3 is 2.71 bits per heavy atom. The van der Waals surface area contributed by atoms with Crippen molar-refractivity contribution >= 4 is 29.3 Å². The molecule has 0 atom stereocenters. The fraction of sp³-hybridized carbons (Fsp3) is 0.273. The third kappa shape index (κ3) is 4.52. The number of fused-ring (bicyclic) bond motifs is 1. The lowest BCUT2D eigenvalue weighted by molar-refractivity contribution is -0.129. The molecule has 0 saturated carbocycles. The van der Waals surface area contributed by atoms with Gasteiger partial charge in [0.2, 0.25) is 5.91 Å². The van der Waals surface area contributed by atoms with Crippen LogP contribution in [0.1, 0.15) is 33.3 Å². The third-order valence-electron chi connectivity index (χ3n) is 4.09. The van der Waals surface area contributed by atoms with E-state index >= 15 is 0 Å². The zero-order chi connectivity index (χ0) is 20.3. The number of nitrogens with one attached hydrogen (secondary N) is 2. The van der Waals surface area contributed by atoms with Crippen LogP contribution in [-0.2, 0) is 9.59 Å². The molecule has 0 unspecified atom stereocenters. The molecule has 146 valence electrons. The normalized spacial score (nSPS) is 15.0. The van der Waals surface area contributed by atoms with E-state index in [0.29, 0.717) is 17.1 Å². The van der Waals surface area contributed by atoms with Crippen LogP contribution >= 0.6 is 0 Å². The van der Waals surface area contributed by atoms with Crippen molar-refractivity contribution in [3.05, 3.63) is 54.1 Å². The summed E-state index contributed by atoms with van der Waals surface area (Å²) in [5.41, 5.74) is 0.828. The molecule has 6 nitrogen and oxygen atoms in total. The smallest absolute Gasteiger partial charge is 0.268 e. The Kier molecular flexibility index (Phi) is 5.40. The molecule has 2 amide bonds. The molecule has 0 bridgehead atoms. The summed E-state index contributed by atoms with van der Waals surface area (Å²) in [4.78, 5) is 24.5. The van der Waals surface area contributed by atoms with Gasteiger partial charge in [0.15, 0.2) is 5.60 Å². The van der Waals surface area contributed by atoms with Crippen LogP contribution in [0.25, 0.3) is 6.08 Å². The monoisotopic (exact) mass is 380 g/mol. The maximum atomic E-state index is 12.4. The lowest BCUT2D eigenvalue weighted by Crippen LogP contribution is -2.45. The minimum Gasteiger partial charge on any atom is -0.491 e. The summed E-state index contributed by atoms with van der Waals surface area (Å²) in [7, 11) is 0. The number of hydrogen-bond acceptors (Lipinski definition) is 4. The Bertz CT molecular complexity index is 932. The molecule has 2 N–H and O–H groups in total. The van der Waals surface area contributed by atoms with Crippen LogP contribution in [-0.4, -0.2) is 23.5 Å². The van der Waals surface area contributed by atoms with Gasteiger partial charge in [0.05, 0.1) is 11.8 Å². The van der Waals surface area contributed by atoms with Gasteiger partial charge in [0.1, 0.15) is 17.2 Å². The number of carbonyl (C=O) groups excluding carboxylic acids is 2. The van der Waals surface area contributed by atoms with Crippen LogP contribution in [0.5, 0.6) is 11.5 Å². The molecule has 0 aromatic heterocycles. The first-order valence-corrected chi connectivity index (χ1v) is 9.14. The fourth-order valence-corrected chi connectivity index (χ4v) is 2.74. The van der Waals surface area contributed by atoms with Crippen molar-refractivity contribution < 1.29 is 19.1 Å². The van der Waals surface area contributed by atoms with E-state index in [1.165, 1.54) is 6.08 Å². The van der Waals surface area contributed by atoms with Gasteiger partial charge >= 0.3 is 0 Å². The Balaban J connectivity index is 1.73. The number of carbonyl (C=O) groups is 2. The molecule has 1 aliphatic heterocycles. The van der Waals surface area contributed by atoms with Gasteiger partial charge in [-0.05, 0) is 63.6 Å². The molecule has 1 aliphatic rings. The van der Waals surface area contributed by atoms with Crippen LogP contribution in [0.3, 0.4) is 0 Å². The molecule has 6 heteroatoms. The van der Waals surface area contributed by atoms with E-state index in [1.54, 1.807) is 38.1 Å². The number of para-hydroxylation sites is 1. The van der Waals surface area contributed by atoms with Crippen molar-refractivity contribution in [2.45, 2.75) is 39.4 Å². The van der Waals surface area contributed by atoms with Gasteiger partial charge in [-0.15, -0.1) is 0 Å². The van der Waals surface area contributed by atoms with E-state index in [2.05, 4.69) is 10.6 Å². The van der Waals surface area contributed by atoms with E-state index in [0.717, 1.165) is 11.3 Å². The molecule has 3 rings (SSSR count). The molecule has 0 radical (unpaired) electrons. The van der Waals surface area contributed by atoms with Crippen LogP contribution in [0, 0.1) is 0 Å². The van der Waals surface area contributed by atoms with Gasteiger partial charge in [-0.25, -0.2) is 0 Å². The molecule has 0 saturated heterocycles. The summed E-state index contributed by atoms with van der Waals surface area (Å²) < 4.78 is 11.4.